The fraction of sp³-hybridized carbons (Fsp3) is 0.667. The maximum absolute atomic E-state index is 11.7. The van der Waals surface area contributed by atoms with E-state index in [2.05, 4.69) is 17.3 Å². The summed E-state index contributed by atoms with van der Waals surface area (Å²) < 4.78 is 1.79. The largest absolute Gasteiger partial charge is 0.351 e. The predicted octanol–water partition coefficient (Wildman–Crippen LogP) is 0.862. The number of rotatable bonds is 6. The SMILES string of the molecule is CCCC[C@H](N)C(=O)NCc1cnn(C)c1C. The second-order valence-electron chi connectivity index (χ2n) is 4.35. The first-order valence-electron chi connectivity index (χ1n) is 6.07. The predicted molar refractivity (Wildman–Crippen MR) is 67.3 cm³/mol. The summed E-state index contributed by atoms with van der Waals surface area (Å²) in [5, 5.41) is 6.97. The lowest BCUT2D eigenvalue weighted by atomic mass is 10.1. The summed E-state index contributed by atoms with van der Waals surface area (Å²) in [5.74, 6) is -0.0818. The number of hydrogen-bond acceptors (Lipinski definition) is 3. The average Bonchev–Trinajstić information content (AvgIpc) is 2.64. The van der Waals surface area contributed by atoms with Gasteiger partial charge in [0.15, 0.2) is 0 Å². The molecule has 0 radical (unpaired) electrons. The molecule has 1 aromatic rings. The van der Waals surface area contributed by atoms with Crippen LogP contribution in [-0.4, -0.2) is 21.7 Å². The summed E-state index contributed by atoms with van der Waals surface area (Å²) in [6.07, 6.45) is 4.56. The molecule has 17 heavy (non-hydrogen) atoms. The van der Waals surface area contributed by atoms with Crippen LogP contribution in [0.1, 0.15) is 37.4 Å². The van der Waals surface area contributed by atoms with E-state index in [0.717, 1.165) is 30.5 Å². The van der Waals surface area contributed by atoms with E-state index in [4.69, 9.17) is 5.73 Å². The van der Waals surface area contributed by atoms with E-state index < -0.39 is 6.04 Å². The first-order chi connectivity index (χ1) is 8.06. The minimum Gasteiger partial charge on any atom is -0.351 e. The smallest absolute Gasteiger partial charge is 0.237 e. The molecular formula is C12H22N4O. The van der Waals surface area contributed by atoms with Crippen molar-refractivity contribution in [2.45, 2.75) is 45.7 Å². The Kier molecular flexibility index (Phi) is 5.15. The van der Waals surface area contributed by atoms with Gasteiger partial charge in [-0.15, -0.1) is 0 Å². The van der Waals surface area contributed by atoms with Crippen molar-refractivity contribution in [2.75, 3.05) is 0 Å². The van der Waals surface area contributed by atoms with Gasteiger partial charge in [0.1, 0.15) is 0 Å². The van der Waals surface area contributed by atoms with E-state index in [0.29, 0.717) is 6.54 Å². The van der Waals surface area contributed by atoms with E-state index in [-0.39, 0.29) is 5.91 Å². The highest BCUT2D eigenvalue weighted by Crippen LogP contribution is 2.05. The molecule has 0 saturated carbocycles. The van der Waals surface area contributed by atoms with Gasteiger partial charge in [-0.3, -0.25) is 9.48 Å². The second-order valence-corrected chi connectivity index (χ2v) is 4.35. The highest BCUT2D eigenvalue weighted by atomic mass is 16.2. The summed E-state index contributed by atoms with van der Waals surface area (Å²) in [7, 11) is 1.88. The van der Waals surface area contributed by atoms with Crippen molar-refractivity contribution in [3.8, 4) is 0 Å². The van der Waals surface area contributed by atoms with E-state index in [1.54, 1.807) is 10.9 Å². The molecule has 0 aromatic carbocycles. The van der Waals surface area contributed by atoms with Crippen LogP contribution in [0.25, 0.3) is 0 Å². The van der Waals surface area contributed by atoms with Gasteiger partial charge in [-0.05, 0) is 13.3 Å². The number of aromatic nitrogens is 2. The van der Waals surface area contributed by atoms with Gasteiger partial charge in [0.25, 0.3) is 0 Å². The van der Waals surface area contributed by atoms with Crippen LogP contribution in [0, 0.1) is 6.92 Å². The third-order valence-corrected chi connectivity index (χ3v) is 3.00. The minimum atomic E-state index is -0.396. The molecule has 96 valence electrons. The van der Waals surface area contributed by atoms with Crippen LogP contribution in [0.4, 0.5) is 0 Å². The molecule has 0 bridgehead atoms. The Morgan fingerprint density at radius 3 is 2.88 bits per heavy atom. The molecule has 5 nitrogen and oxygen atoms in total. The van der Waals surface area contributed by atoms with Gasteiger partial charge in [0.2, 0.25) is 5.91 Å². The number of carbonyl (C=O) groups excluding carboxylic acids is 1. The number of aryl methyl sites for hydroxylation is 1. The van der Waals surface area contributed by atoms with Crippen molar-refractivity contribution in [1.29, 1.82) is 0 Å². The first-order valence-corrected chi connectivity index (χ1v) is 6.07. The van der Waals surface area contributed by atoms with Gasteiger partial charge in [0.05, 0.1) is 12.2 Å². The second kappa shape index (κ2) is 6.39. The normalized spacial score (nSPS) is 12.5. The number of amides is 1. The third-order valence-electron chi connectivity index (χ3n) is 3.00. The lowest BCUT2D eigenvalue weighted by Gasteiger charge is -2.11. The monoisotopic (exact) mass is 238 g/mol. The molecule has 1 aromatic heterocycles. The minimum absolute atomic E-state index is 0.0818. The number of nitrogens with zero attached hydrogens (tertiary/aromatic N) is 2. The highest BCUT2D eigenvalue weighted by Gasteiger charge is 2.13. The van der Waals surface area contributed by atoms with Crippen LogP contribution in [0.2, 0.25) is 0 Å². The number of nitrogens with two attached hydrogens (primary N) is 1. The molecule has 3 N–H and O–H groups in total. The van der Waals surface area contributed by atoms with Crippen LogP contribution in [0.3, 0.4) is 0 Å². The van der Waals surface area contributed by atoms with E-state index in [1.807, 2.05) is 14.0 Å². The Balaban J connectivity index is 2.40. The van der Waals surface area contributed by atoms with Crippen LogP contribution in [-0.2, 0) is 18.4 Å². The zero-order valence-electron chi connectivity index (χ0n) is 10.9. The summed E-state index contributed by atoms with van der Waals surface area (Å²) in [5.41, 5.74) is 7.87. The zero-order valence-corrected chi connectivity index (χ0v) is 10.9. The van der Waals surface area contributed by atoms with Crippen LogP contribution in [0.15, 0.2) is 6.20 Å². The quantitative estimate of drug-likeness (QED) is 0.772. The van der Waals surface area contributed by atoms with Crippen molar-refractivity contribution >= 4 is 5.91 Å². The molecule has 0 fully saturated rings. The Morgan fingerprint density at radius 1 is 1.65 bits per heavy atom. The maximum atomic E-state index is 11.7. The van der Waals surface area contributed by atoms with Gasteiger partial charge in [0, 0.05) is 24.8 Å². The molecule has 1 heterocycles. The number of nitrogens with one attached hydrogen (secondary N) is 1. The Hall–Kier alpha value is -1.36. The van der Waals surface area contributed by atoms with Crippen molar-refractivity contribution in [1.82, 2.24) is 15.1 Å². The molecular weight excluding hydrogens is 216 g/mol. The summed E-state index contributed by atoms with van der Waals surface area (Å²) in [6, 6.07) is -0.396. The molecule has 0 unspecified atom stereocenters. The molecule has 0 aliphatic rings. The van der Waals surface area contributed by atoms with Crippen molar-refractivity contribution in [2.24, 2.45) is 12.8 Å². The van der Waals surface area contributed by atoms with Gasteiger partial charge in [-0.1, -0.05) is 19.8 Å². The van der Waals surface area contributed by atoms with Crippen molar-refractivity contribution < 1.29 is 4.79 Å². The average molecular weight is 238 g/mol. The molecule has 1 amide bonds. The van der Waals surface area contributed by atoms with Gasteiger partial charge >= 0.3 is 0 Å². The molecule has 0 aliphatic carbocycles. The van der Waals surface area contributed by atoms with E-state index in [1.165, 1.54) is 0 Å². The van der Waals surface area contributed by atoms with Crippen LogP contribution in [0.5, 0.6) is 0 Å². The first kappa shape index (κ1) is 13.7. The van der Waals surface area contributed by atoms with Gasteiger partial charge in [-0.2, -0.15) is 5.10 Å². The molecule has 0 saturated heterocycles. The lowest BCUT2D eigenvalue weighted by molar-refractivity contribution is -0.122. The highest BCUT2D eigenvalue weighted by molar-refractivity contribution is 5.81. The fourth-order valence-electron chi connectivity index (χ4n) is 1.59. The van der Waals surface area contributed by atoms with E-state index in [9.17, 15) is 4.79 Å². The molecule has 5 heteroatoms. The van der Waals surface area contributed by atoms with Crippen LogP contribution < -0.4 is 11.1 Å². The number of hydrogen-bond donors (Lipinski definition) is 2. The topological polar surface area (TPSA) is 72.9 Å². The summed E-state index contributed by atoms with van der Waals surface area (Å²) in [4.78, 5) is 11.7. The van der Waals surface area contributed by atoms with E-state index >= 15 is 0 Å². The molecule has 0 aliphatic heterocycles. The summed E-state index contributed by atoms with van der Waals surface area (Å²) in [6.45, 7) is 4.56. The van der Waals surface area contributed by atoms with Gasteiger partial charge < -0.3 is 11.1 Å². The Morgan fingerprint density at radius 2 is 2.35 bits per heavy atom. The van der Waals surface area contributed by atoms with Crippen LogP contribution >= 0.6 is 0 Å². The third kappa shape index (κ3) is 3.85. The number of unbranched alkanes of at least 4 members (excludes halogenated alkanes) is 1. The molecule has 1 rings (SSSR count). The standard InChI is InChI=1S/C12H22N4O/c1-4-5-6-11(13)12(17)14-7-10-8-15-16(3)9(10)2/h8,11H,4-7,13H2,1-3H3,(H,14,17)/t11-/m0/s1. The summed E-state index contributed by atoms with van der Waals surface area (Å²) >= 11 is 0. The van der Waals surface area contributed by atoms with Crippen molar-refractivity contribution in [3.63, 3.8) is 0 Å². The van der Waals surface area contributed by atoms with Gasteiger partial charge in [-0.25, -0.2) is 0 Å². The maximum Gasteiger partial charge on any atom is 0.237 e. The number of carbonyl (C=O) groups is 1. The fourth-order valence-corrected chi connectivity index (χ4v) is 1.59. The molecule has 0 spiro atoms. The Bertz CT molecular complexity index is 373. The lowest BCUT2D eigenvalue weighted by Crippen LogP contribution is -2.40. The zero-order chi connectivity index (χ0) is 12.8. The molecule has 1 atom stereocenters. The Labute approximate surface area is 102 Å². The van der Waals surface area contributed by atoms with Crippen molar-refractivity contribution in [3.05, 3.63) is 17.5 Å².